The molecule has 0 spiro atoms. The Labute approximate surface area is 186 Å². The highest BCUT2D eigenvalue weighted by molar-refractivity contribution is 5.75. The Hall–Kier alpha value is -3.39. The first-order valence-corrected chi connectivity index (χ1v) is 11.0. The molecule has 8 heteroatoms. The van der Waals surface area contributed by atoms with Crippen LogP contribution in [0.15, 0.2) is 49.1 Å². The van der Waals surface area contributed by atoms with Crippen LogP contribution in [0.4, 0.5) is 11.5 Å². The van der Waals surface area contributed by atoms with E-state index in [-0.39, 0.29) is 6.10 Å². The molecule has 0 aromatic carbocycles. The van der Waals surface area contributed by atoms with E-state index >= 15 is 0 Å². The van der Waals surface area contributed by atoms with Crippen LogP contribution in [0.25, 0.3) is 16.6 Å². The van der Waals surface area contributed by atoms with Crippen molar-refractivity contribution in [2.75, 3.05) is 5.32 Å². The second-order valence-corrected chi connectivity index (χ2v) is 8.98. The highest BCUT2D eigenvalue weighted by Gasteiger charge is 2.30. The number of ether oxygens (including phenoxy) is 1. The van der Waals surface area contributed by atoms with Crippen molar-refractivity contribution in [2.45, 2.75) is 51.2 Å². The van der Waals surface area contributed by atoms with Crippen molar-refractivity contribution in [3.8, 4) is 16.9 Å². The lowest BCUT2D eigenvalue weighted by Crippen LogP contribution is -2.34. The molecule has 2 N–H and O–H groups in total. The Balaban J connectivity index is 1.42. The number of aliphatic hydroxyl groups is 1. The van der Waals surface area contributed by atoms with Crippen molar-refractivity contribution in [1.82, 2.24) is 24.4 Å². The van der Waals surface area contributed by atoms with Crippen molar-refractivity contribution in [2.24, 2.45) is 7.05 Å². The van der Waals surface area contributed by atoms with Gasteiger partial charge in [-0.05, 0) is 63.3 Å². The summed E-state index contributed by atoms with van der Waals surface area (Å²) < 4.78 is 9.96. The number of hydrogen-bond acceptors (Lipinski definition) is 6. The van der Waals surface area contributed by atoms with Crippen molar-refractivity contribution < 1.29 is 9.84 Å². The van der Waals surface area contributed by atoms with Gasteiger partial charge < -0.3 is 15.2 Å². The summed E-state index contributed by atoms with van der Waals surface area (Å²) in [6.45, 7) is 3.89. The van der Waals surface area contributed by atoms with Gasteiger partial charge in [0.25, 0.3) is 0 Å². The lowest BCUT2D eigenvalue weighted by Gasteiger charge is -2.33. The summed E-state index contributed by atoms with van der Waals surface area (Å²) in [5.74, 6) is 1.53. The maximum absolute atomic E-state index is 10.2. The van der Waals surface area contributed by atoms with Gasteiger partial charge in [0.2, 0.25) is 0 Å². The molecule has 0 aliphatic heterocycles. The van der Waals surface area contributed by atoms with E-state index in [0.29, 0.717) is 0 Å². The molecule has 0 saturated heterocycles. The Bertz CT molecular complexity index is 1250. The Morgan fingerprint density at radius 2 is 2.00 bits per heavy atom. The van der Waals surface area contributed by atoms with E-state index < -0.39 is 5.60 Å². The van der Waals surface area contributed by atoms with Crippen LogP contribution in [0.2, 0.25) is 0 Å². The van der Waals surface area contributed by atoms with Gasteiger partial charge in [-0.2, -0.15) is 10.2 Å². The molecule has 32 heavy (non-hydrogen) atoms. The SMILES string of the molecule is Cc1cc(-c2ccn3nc(Nc4cnn(C)c4)cc3c2)c(OC2CCC(C)(O)CC2)cn1. The first-order chi connectivity index (χ1) is 15.3. The largest absolute Gasteiger partial charge is 0.488 e. The molecular formula is C24H28N6O2. The summed E-state index contributed by atoms with van der Waals surface area (Å²) in [6, 6.07) is 8.22. The first-order valence-electron chi connectivity index (χ1n) is 11.0. The van der Waals surface area contributed by atoms with Crippen LogP contribution in [0, 0.1) is 6.92 Å². The number of anilines is 2. The number of pyridine rings is 2. The van der Waals surface area contributed by atoms with Crippen LogP contribution < -0.4 is 10.1 Å². The molecule has 166 valence electrons. The number of nitrogens with one attached hydrogen (secondary N) is 1. The highest BCUT2D eigenvalue weighted by Crippen LogP contribution is 2.35. The van der Waals surface area contributed by atoms with Crippen LogP contribution in [0.3, 0.4) is 0 Å². The van der Waals surface area contributed by atoms with Crippen molar-refractivity contribution >= 4 is 17.0 Å². The molecule has 5 rings (SSSR count). The van der Waals surface area contributed by atoms with Gasteiger partial charge in [0.1, 0.15) is 5.75 Å². The van der Waals surface area contributed by atoms with E-state index in [4.69, 9.17) is 4.74 Å². The number of fused-ring (bicyclic) bond motifs is 1. The fourth-order valence-electron chi connectivity index (χ4n) is 4.23. The zero-order chi connectivity index (χ0) is 22.3. The molecule has 1 aliphatic rings. The molecule has 1 fully saturated rings. The molecule has 1 aliphatic carbocycles. The molecule has 0 unspecified atom stereocenters. The molecule has 4 aromatic heterocycles. The smallest absolute Gasteiger partial charge is 0.153 e. The summed E-state index contributed by atoms with van der Waals surface area (Å²) in [7, 11) is 1.88. The molecule has 4 aromatic rings. The van der Waals surface area contributed by atoms with Gasteiger partial charge in [0.15, 0.2) is 5.82 Å². The topological polar surface area (TPSA) is 89.5 Å². The monoisotopic (exact) mass is 432 g/mol. The zero-order valence-corrected chi connectivity index (χ0v) is 18.6. The molecule has 1 saturated carbocycles. The third-order valence-electron chi connectivity index (χ3n) is 6.06. The lowest BCUT2D eigenvalue weighted by atomic mass is 9.85. The summed E-state index contributed by atoms with van der Waals surface area (Å²) in [4.78, 5) is 4.46. The van der Waals surface area contributed by atoms with Crippen molar-refractivity contribution in [1.29, 1.82) is 0 Å². The van der Waals surface area contributed by atoms with Crippen LogP contribution in [0.5, 0.6) is 5.75 Å². The molecule has 0 bridgehead atoms. The second kappa shape index (κ2) is 7.94. The van der Waals surface area contributed by atoms with Gasteiger partial charge in [-0.1, -0.05) is 0 Å². The van der Waals surface area contributed by atoms with Crippen LogP contribution in [-0.4, -0.2) is 41.2 Å². The van der Waals surface area contributed by atoms with E-state index in [1.165, 1.54) is 0 Å². The van der Waals surface area contributed by atoms with Crippen LogP contribution in [-0.2, 0) is 7.05 Å². The summed E-state index contributed by atoms with van der Waals surface area (Å²) in [5.41, 5.74) is 4.29. The predicted octanol–water partition coefficient (Wildman–Crippen LogP) is 4.25. The minimum Gasteiger partial charge on any atom is -0.488 e. The summed E-state index contributed by atoms with van der Waals surface area (Å²) in [6.07, 6.45) is 10.7. The number of aromatic nitrogens is 5. The molecule has 4 heterocycles. The molecule has 0 amide bonds. The number of hydrogen-bond donors (Lipinski definition) is 2. The first kappa shape index (κ1) is 20.5. The molecular weight excluding hydrogens is 404 g/mol. The molecule has 0 radical (unpaired) electrons. The fraction of sp³-hybridized carbons (Fsp3) is 0.375. The quantitative estimate of drug-likeness (QED) is 0.490. The van der Waals surface area contributed by atoms with Crippen LogP contribution >= 0.6 is 0 Å². The molecule has 8 nitrogen and oxygen atoms in total. The van der Waals surface area contributed by atoms with E-state index in [2.05, 4.69) is 32.6 Å². The van der Waals surface area contributed by atoms with Gasteiger partial charge in [-0.15, -0.1) is 0 Å². The average Bonchev–Trinajstić information content (AvgIpc) is 3.35. The van der Waals surface area contributed by atoms with Gasteiger partial charge in [0, 0.05) is 36.8 Å². The van der Waals surface area contributed by atoms with Gasteiger partial charge in [-0.3, -0.25) is 9.67 Å². The van der Waals surface area contributed by atoms with E-state index in [9.17, 15) is 5.11 Å². The maximum atomic E-state index is 10.2. The fourth-order valence-corrected chi connectivity index (χ4v) is 4.23. The zero-order valence-electron chi connectivity index (χ0n) is 18.6. The lowest BCUT2D eigenvalue weighted by molar-refractivity contribution is -0.0108. The van der Waals surface area contributed by atoms with Gasteiger partial charge in [0.05, 0.1) is 35.3 Å². The third-order valence-corrected chi connectivity index (χ3v) is 6.06. The van der Waals surface area contributed by atoms with Crippen molar-refractivity contribution in [3.63, 3.8) is 0 Å². The van der Waals surface area contributed by atoms with Gasteiger partial charge in [-0.25, -0.2) is 4.52 Å². The minimum atomic E-state index is -0.581. The summed E-state index contributed by atoms with van der Waals surface area (Å²) >= 11 is 0. The average molecular weight is 433 g/mol. The Kier molecular flexibility index (Phi) is 5.09. The number of nitrogens with zero attached hydrogens (tertiary/aromatic N) is 5. The normalized spacial score (nSPS) is 21.1. The summed E-state index contributed by atoms with van der Waals surface area (Å²) in [5, 5.41) is 22.3. The molecule has 0 atom stereocenters. The standard InChI is InChI=1S/C24H28N6O2/c1-16-10-21(22(14-25-16)32-20-4-7-24(2,31)8-5-20)17-6-9-30-19(11-17)12-23(28-30)27-18-13-26-29(3)15-18/h6,9-15,20,31H,4-5,7-8H2,1-3H3,(H,27,28). The number of rotatable bonds is 5. The van der Waals surface area contributed by atoms with Crippen LogP contribution in [0.1, 0.15) is 38.3 Å². The Morgan fingerprint density at radius 3 is 2.75 bits per heavy atom. The van der Waals surface area contributed by atoms with Gasteiger partial charge >= 0.3 is 0 Å². The Morgan fingerprint density at radius 1 is 1.19 bits per heavy atom. The number of aryl methyl sites for hydroxylation is 2. The van der Waals surface area contributed by atoms with E-state index in [1.807, 2.05) is 56.1 Å². The third kappa shape index (κ3) is 4.31. The highest BCUT2D eigenvalue weighted by atomic mass is 16.5. The van der Waals surface area contributed by atoms with Crippen molar-refractivity contribution in [3.05, 3.63) is 54.7 Å². The predicted molar refractivity (Wildman–Crippen MR) is 123 cm³/mol. The van der Waals surface area contributed by atoms with E-state index in [1.54, 1.807) is 10.9 Å². The second-order valence-electron chi connectivity index (χ2n) is 8.98. The maximum Gasteiger partial charge on any atom is 0.153 e. The minimum absolute atomic E-state index is 0.0902. The van der Waals surface area contributed by atoms with E-state index in [0.717, 1.165) is 65.3 Å².